The van der Waals surface area contributed by atoms with Gasteiger partial charge in [-0.3, -0.25) is 4.79 Å². The third kappa shape index (κ3) is 5.89. The standard InChI is InChI=1S/C18H14Cl2FNO3/c1-11(18(24)22-14-6-4-13(21)5-7-14)25-17(23)9-3-12-2-8-15(19)16(20)10-12/h2-11H,1H3,(H,22,24)/b9-3+/t11-/m1/s1. The predicted molar refractivity (Wildman–Crippen MR) is 96.1 cm³/mol. The molecule has 1 atom stereocenters. The maximum Gasteiger partial charge on any atom is 0.331 e. The van der Waals surface area contributed by atoms with Gasteiger partial charge in [-0.25, -0.2) is 9.18 Å². The monoisotopic (exact) mass is 381 g/mol. The number of carbonyl (C=O) groups is 2. The van der Waals surface area contributed by atoms with Crippen LogP contribution in [0.15, 0.2) is 48.5 Å². The molecule has 2 rings (SSSR count). The van der Waals surface area contributed by atoms with Crippen molar-refractivity contribution >= 4 is 46.8 Å². The molecule has 0 aromatic heterocycles. The lowest BCUT2D eigenvalue weighted by Crippen LogP contribution is -2.29. The van der Waals surface area contributed by atoms with E-state index in [0.717, 1.165) is 0 Å². The van der Waals surface area contributed by atoms with Crippen LogP contribution in [-0.4, -0.2) is 18.0 Å². The summed E-state index contributed by atoms with van der Waals surface area (Å²) < 4.78 is 17.8. The van der Waals surface area contributed by atoms with Crippen molar-refractivity contribution in [2.24, 2.45) is 0 Å². The molecule has 0 radical (unpaired) electrons. The Morgan fingerprint density at radius 3 is 2.44 bits per heavy atom. The van der Waals surface area contributed by atoms with Gasteiger partial charge in [0.1, 0.15) is 5.82 Å². The summed E-state index contributed by atoms with van der Waals surface area (Å²) >= 11 is 11.7. The molecule has 130 valence electrons. The van der Waals surface area contributed by atoms with E-state index in [1.165, 1.54) is 43.3 Å². The number of hydrogen-bond acceptors (Lipinski definition) is 3. The second-order valence-electron chi connectivity index (χ2n) is 5.08. The Morgan fingerprint density at radius 1 is 1.12 bits per heavy atom. The van der Waals surface area contributed by atoms with E-state index in [1.807, 2.05) is 0 Å². The Hall–Kier alpha value is -2.37. The predicted octanol–water partition coefficient (Wildman–Crippen LogP) is 4.72. The average Bonchev–Trinajstić information content (AvgIpc) is 2.58. The van der Waals surface area contributed by atoms with Crippen LogP contribution < -0.4 is 5.32 Å². The molecule has 0 bridgehead atoms. The molecule has 7 heteroatoms. The molecule has 1 amide bonds. The number of carbonyl (C=O) groups excluding carboxylic acids is 2. The lowest BCUT2D eigenvalue weighted by molar-refractivity contribution is -0.148. The van der Waals surface area contributed by atoms with Crippen molar-refractivity contribution in [2.75, 3.05) is 5.32 Å². The van der Waals surface area contributed by atoms with Crippen LogP contribution in [0.3, 0.4) is 0 Å². The Bertz CT molecular complexity index is 806. The van der Waals surface area contributed by atoms with Crippen molar-refractivity contribution in [2.45, 2.75) is 13.0 Å². The van der Waals surface area contributed by atoms with Crippen LogP contribution in [0.1, 0.15) is 12.5 Å². The lowest BCUT2D eigenvalue weighted by atomic mass is 10.2. The quantitative estimate of drug-likeness (QED) is 0.602. The van der Waals surface area contributed by atoms with E-state index < -0.39 is 23.8 Å². The van der Waals surface area contributed by atoms with E-state index in [1.54, 1.807) is 18.2 Å². The van der Waals surface area contributed by atoms with Gasteiger partial charge in [0.15, 0.2) is 6.10 Å². The van der Waals surface area contributed by atoms with E-state index in [-0.39, 0.29) is 0 Å². The number of benzene rings is 2. The molecule has 0 saturated heterocycles. The molecule has 0 unspecified atom stereocenters. The van der Waals surface area contributed by atoms with Crippen LogP contribution >= 0.6 is 23.2 Å². The fraction of sp³-hybridized carbons (Fsp3) is 0.111. The van der Waals surface area contributed by atoms with Crippen LogP contribution in [0.4, 0.5) is 10.1 Å². The molecular weight excluding hydrogens is 368 g/mol. The summed E-state index contributed by atoms with van der Waals surface area (Å²) in [5.74, 6) is -1.62. The largest absolute Gasteiger partial charge is 0.449 e. The van der Waals surface area contributed by atoms with Crippen LogP contribution in [-0.2, 0) is 14.3 Å². The first-order valence-corrected chi connectivity index (χ1v) is 8.01. The van der Waals surface area contributed by atoms with Gasteiger partial charge in [-0.05, 0) is 55.0 Å². The highest BCUT2D eigenvalue weighted by Gasteiger charge is 2.16. The third-order valence-corrected chi connectivity index (χ3v) is 3.87. The van der Waals surface area contributed by atoms with Gasteiger partial charge in [0.25, 0.3) is 5.91 Å². The highest BCUT2D eigenvalue weighted by atomic mass is 35.5. The first-order valence-electron chi connectivity index (χ1n) is 7.25. The zero-order valence-corrected chi connectivity index (χ0v) is 14.6. The number of amides is 1. The highest BCUT2D eigenvalue weighted by molar-refractivity contribution is 6.42. The Labute approximate surface area is 154 Å². The van der Waals surface area contributed by atoms with Gasteiger partial charge in [-0.15, -0.1) is 0 Å². The van der Waals surface area contributed by atoms with Crippen molar-refractivity contribution in [1.82, 2.24) is 0 Å². The van der Waals surface area contributed by atoms with Gasteiger partial charge >= 0.3 is 5.97 Å². The van der Waals surface area contributed by atoms with E-state index in [2.05, 4.69) is 5.32 Å². The molecule has 0 aliphatic carbocycles. The topological polar surface area (TPSA) is 55.4 Å². The van der Waals surface area contributed by atoms with Crippen molar-refractivity contribution in [3.05, 3.63) is 70.0 Å². The van der Waals surface area contributed by atoms with Crippen molar-refractivity contribution in [3.63, 3.8) is 0 Å². The Morgan fingerprint density at radius 2 is 1.80 bits per heavy atom. The first-order chi connectivity index (χ1) is 11.8. The molecule has 0 spiro atoms. The fourth-order valence-electron chi connectivity index (χ4n) is 1.82. The molecule has 0 heterocycles. The minimum absolute atomic E-state index is 0.365. The van der Waals surface area contributed by atoms with E-state index in [0.29, 0.717) is 21.3 Å². The summed E-state index contributed by atoms with van der Waals surface area (Å²) in [7, 11) is 0. The molecule has 0 aliphatic heterocycles. The number of rotatable bonds is 5. The number of hydrogen-bond donors (Lipinski definition) is 1. The van der Waals surface area contributed by atoms with Gasteiger partial charge in [0.2, 0.25) is 0 Å². The van der Waals surface area contributed by atoms with E-state index >= 15 is 0 Å². The van der Waals surface area contributed by atoms with Crippen molar-refractivity contribution in [3.8, 4) is 0 Å². The van der Waals surface area contributed by atoms with Gasteiger partial charge < -0.3 is 10.1 Å². The van der Waals surface area contributed by atoms with Gasteiger partial charge in [-0.1, -0.05) is 29.3 Å². The highest BCUT2D eigenvalue weighted by Crippen LogP contribution is 2.23. The maximum atomic E-state index is 12.8. The van der Waals surface area contributed by atoms with E-state index in [4.69, 9.17) is 27.9 Å². The smallest absolute Gasteiger partial charge is 0.331 e. The molecule has 0 fully saturated rings. The number of nitrogens with one attached hydrogen (secondary N) is 1. The summed E-state index contributed by atoms with van der Waals surface area (Å²) in [6, 6.07) is 10.1. The second-order valence-corrected chi connectivity index (χ2v) is 5.90. The van der Waals surface area contributed by atoms with Gasteiger partial charge in [0, 0.05) is 11.8 Å². The summed E-state index contributed by atoms with van der Waals surface area (Å²) in [5, 5.41) is 3.30. The van der Waals surface area contributed by atoms with Gasteiger partial charge in [0.05, 0.1) is 10.0 Å². The zero-order chi connectivity index (χ0) is 18.4. The minimum Gasteiger partial charge on any atom is -0.449 e. The number of halogens is 3. The zero-order valence-electron chi connectivity index (χ0n) is 13.1. The lowest BCUT2D eigenvalue weighted by Gasteiger charge is -2.12. The molecule has 25 heavy (non-hydrogen) atoms. The molecule has 4 nitrogen and oxygen atoms in total. The third-order valence-electron chi connectivity index (χ3n) is 3.13. The summed E-state index contributed by atoms with van der Waals surface area (Å²) in [5.41, 5.74) is 1.07. The Balaban J connectivity index is 1.90. The van der Waals surface area contributed by atoms with Crippen LogP contribution in [0.5, 0.6) is 0 Å². The molecular formula is C18H14Cl2FNO3. The normalized spacial score (nSPS) is 12.0. The van der Waals surface area contributed by atoms with Crippen molar-refractivity contribution in [1.29, 1.82) is 0 Å². The minimum atomic E-state index is -1.02. The number of anilines is 1. The van der Waals surface area contributed by atoms with Gasteiger partial charge in [-0.2, -0.15) is 0 Å². The summed E-state index contributed by atoms with van der Waals surface area (Å²) in [4.78, 5) is 23.7. The number of esters is 1. The molecule has 2 aromatic carbocycles. The summed E-state index contributed by atoms with van der Waals surface area (Å²) in [6.45, 7) is 1.43. The first kappa shape index (κ1) is 19.0. The summed E-state index contributed by atoms with van der Waals surface area (Å²) in [6.07, 6.45) is 1.66. The van der Waals surface area contributed by atoms with Crippen LogP contribution in [0, 0.1) is 5.82 Å². The van der Waals surface area contributed by atoms with Crippen LogP contribution in [0.25, 0.3) is 6.08 Å². The number of ether oxygens (including phenoxy) is 1. The molecule has 2 aromatic rings. The SMILES string of the molecule is C[C@@H](OC(=O)/C=C/c1ccc(Cl)c(Cl)c1)C(=O)Nc1ccc(F)cc1. The average molecular weight is 382 g/mol. The molecule has 0 aliphatic rings. The van der Waals surface area contributed by atoms with Crippen LogP contribution in [0.2, 0.25) is 10.0 Å². The maximum absolute atomic E-state index is 12.8. The Kier molecular flexibility index (Phi) is 6.56. The molecule has 0 saturated carbocycles. The van der Waals surface area contributed by atoms with Crippen molar-refractivity contribution < 1.29 is 18.7 Å². The van der Waals surface area contributed by atoms with E-state index in [9.17, 15) is 14.0 Å². The second kappa shape index (κ2) is 8.65. The fourth-order valence-corrected chi connectivity index (χ4v) is 2.13. The molecule has 1 N–H and O–H groups in total.